The van der Waals surface area contributed by atoms with Crippen molar-refractivity contribution in [3.05, 3.63) is 108 Å². The molecule has 0 heterocycles. The molecule has 182 valence electrons. The quantitative estimate of drug-likeness (QED) is 0.294. The van der Waals surface area contributed by atoms with Crippen LogP contribution in [0.5, 0.6) is 0 Å². The number of allylic oxidation sites excluding steroid dienone is 8. The van der Waals surface area contributed by atoms with Gasteiger partial charge in [0, 0.05) is 11.9 Å². The smallest absolute Gasteiger partial charge is 0.312 e. The topological polar surface area (TPSA) is 67.4 Å². The molecule has 0 saturated carbocycles. The molecule has 5 nitrogen and oxygen atoms in total. The first-order valence-electron chi connectivity index (χ1n) is 11.4. The predicted octanol–water partition coefficient (Wildman–Crippen LogP) is 6.03. The molecule has 1 rings (SSSR count). The summed E-state index contributed by atoms with van der Waals surface area (Å²) in [6.45, 7) is 13.7. The van der Waals surface area contributed by atoms with Gasteiger partial charge in [0.1, 0.15) is 6.04 Å². The molecule has 5 heteroatoms. The lowest BCUT2D eigenvalue weighted by atomic mass is 9.98. The van der Waals surface area contributed by atoms with Crippen LogP contribution in [-0.2, 0) is 14.3 Å². The molecule has 1 aromatic rings. The number of hydrogen-bond acceptors (Lipinski definition) is 4. The number of carbonyl (C=O) groups is 2. The molecule has 0 aliphatic heterocycles. The third kappa shape index (κ3) is 9.90. The summed E-state index contributed by atoms with van der Waals surface area (Å²) in [6.07, 6.45) is 16.1. The summed E-state index contributed by atoms with van der Waals surface area (Å²) >= 11 is 0. The van der Waals surface area contributed by atoms with Gasteiger partial charge in [-0.1, -0.05) is 80.6 Å². The van der Waals surface area contributed by atoms with Gasteiger partial charge in [0.05, 0.1) is 13.0 Å². The Morgan fingerprint density at radius 3 is 2.24 bits per heavy atom. The normalized spacial score (nSPS) is 14.6. The van der Waals surface area contributed by atoms with E-state index in [1.807, 2.05) is 56.3 Å². The molecule has 1 aromatic carbocycles. The fraction of sp³-hybridized carbons (Fsp3) is 0.310. The second-order valence-electron chi connectivity index (χ2n) is 8.21. The molecule has 2 atom stereocenters. The highest BCUT2D eigenvalue weighted by atomic mass is 16.5. The first-order valence-corrected chi connectivity index (χ1v) is 11.4. The summed E-state index contributed by atoms with van der Waals surface area (Å²) in [5, 5.41) is 6.13. The van der Waals surface area contributed by atoms with Crippen molar-refractivity contribution in [2.24, 2.45) is 5.92 Å². The molecule has 0 saturated heterocycles. The maximum atomic E-state index is 13.2. The van der Waals surface area contributed by atoms with E-state index in [9.17, 15) is 9.59 Å². The summed E-state index contributed by atoms with van der Waals surface area (Å²) in [4.78, 5) is 24.9. The third-order valence-electron chi connectivity index (χ3n) is 5.05. The van der Waals surface area contributed by atoms with E-state index in [4.69, 9.17) is 4.74 Å². The van der Waals surface area contributed by atoms with Crippen LogP contribution in [0.2, 0.25) is 0 Å². The lowest BCUT2D eigenvalue weighted by molar-refractivity contribution is -0.143. The van der Waals surface area contributed by atoms with Gasteiger partial charge in [0.25, 0.3) is 5.91 Å². The molecule has 2 N–H and O–H groups in total. The van der Waals surface area contributed by atoms with Crippen LogP contribution < -0.4 is 10.6 Å². The minimum atomic E-state index is -0.657. The molecular formula is C29H38N2O3. The summed E-state index contributed by atoms with van der Waals surface area (Å²) in [5.41, 5.74) is 3.74. The first kappa shape index (κ1) is 28.4. The van der Waals surface area contributed by atoms with E-state index < -0.39 is 12.0 Å². The van der Waals surface area contributed by atoms with E-state index in [1.54, 1.807) is 43.5 Å². The lowest BCUT2D eigenvalue weighted by Crippen LogP contribution is -2.34. The molecular weight excluding hydrogens is 424 g/mol. The van der Waals surface area contributed by atoms with Gasteiger partial charge in [-0.3, -0.25) is 9.59 Å². The molecule has 2 unspecified atom stereocenters. The second kappa shape index (κ2) is 15.3. The average molecular weight is 463 g/mol. The minimum absolute atomic E-state index is 0.213. The first-order chi connectivity index (χ1) is 16.2. The zero-order chi connectivity index (χ0) is 25.5. The maximum absolute atomic E-state index is 13.2. The number of methoxy groups -OCH3 is 1. The number of amides is 1. The van der Waals surface area contributed by atoms with Crippen molar-refractivity contribution in [1.82, 2.24) is 10.6 Å². The number of carbonyl (C=O) groups excluding carboxylic acids is 2. The Balaban J connectivity index is 3.20. The van der Waals surface area contributed by atoms with Gasteiger partial charge in [-0.05, 0) is 56.0 Å². The van der Waals surface area contributed by atoms with Crippen LogP contribution in [0.4, 0.5) is 0 Å². The van der Waals surface area contributed by atoms with Crippen LogP contribution in [-0.4, -0.2) is 19.0 Å². The van der Waals surface area contributed by atoms with Crippen molar-refractivity contribution < 1.29 is 14.3 Å². The number of benzene rings is 1. The highest BCUT2D eigenvalue weighted by Gasteiger charge is 2.20. The molecule has 0 aromatic heterocycles. The number of rotatable bonds is 12. The van der Waals surface area contributed by atoms with Gasteiger partial charge in [-0.2, -0.15) is 0 Å². The zero-order valence-electron chi connectivity index (χ0n) is 21.2. The van der Waals surface area contributed by atoms with Gasteiger partial charge in [-0.25, -0.2) is 0 Å². The van der Waals surface area contributed by atoms with E-state index in [0.29, 0.717) is 11.6 Å². The zero-order valence-corrected chi connectivity index (χ0v) is 21.2. The predicted molar refractivity (Wildman–Crippen MR) is 141 cm³/mol. The van der Waals surface area contributed by atoms with Crippen LogP contribution in [0, 0.1) is 5.92 Å². The highest BCUT2D eigenvalue weighted by molar-refractivity contribution is 5.84. The van der Waals surface area contributed by atoms with Crippen LogP contribution in [0.3, 0.4) is 0 Å². The van der Waals surface area contributed by atoms with Gasteiger partial charge >= 0.3 is 5.97 Å². The molecule has 0 aliphatic rings. The van der Waals surface area contributed by atoms with E-state index in [2.05, 4.69) is 31.1 Å². The molecule has 34 heavy (non-hydrogen) atoms. The highest BCUT2D eigenvalue weighted by Crippen LogP contribution is 2.20. The molecule has 0 radical (unpaired) electrons. The maximum Gasteiger partial charge on any atom is 0.312 e. The summed E-state index contributed by atoms with van der Waals surface area (Å²) in [7, 11) is 1.36. The standard InChI is InChI=1S/C29H38N2O3/c1-8-11-22(5)13-10-20-30-28(32)27(25-17-15-24(16-18-25)21(3)4)31-26(12-9-2)19-14-23(6)29(33)34-7/h8-21,23,27,31H,2H2,1,3-7H3,(H,30,32)/b11-8-,19-14-,20-10+,22-13-,26-12+. The van der Waals surface area contributed by atoms with E-state index >= 15 is 0 Å². The van der Waals surface area contributed by atoms with Gasteiger partial charge < -0.3 is 15.4 Å². The Hall–Kier alpha value is -3.60. The van der Waals surface area contributed by atoms with Crippen molar-refractivity contribution in [3.63, 3.8) is 0 Å². The van der Waals surface area contributed by atoms with Crippen molar-refractivity contribution in [2.75, 3.05) is 7.11 Å². The third-order valence-corrected chi connectivity index (χ3v) is 5.05. The lowest BCUT2D eigenvalue weighted by Gasteiger charge is -2.20. The molecule has 0 aliphatic carbocycles. The fourth-order valence-corrected chi connectivity index (χ4v) is 3.06. The van der Waals surface area contributed by atoms with E-state index in [-0.39, 0.29) is 11.9 Å². The Labute approximate surface area is 204 Å². The van der Waals surface area contributed by atoms with E-state index in [0.717, 1.165) is 11.1 Å². The monoisotopic (exact) mass is 462 g/mol. The van der Waals surface area contributed by atoms with Crippen molar-refractivity contribution in [2.45, 2.75) is 46.6 Å². The molecule has 0 fully saturated rings. The number of esters is 1. The number of ether oxygens (including phenoxy) is 1. The Morgan fingerprint density at radius 2 is 1.68 bits per heavy atom. The fourth-order valence-electron chi connectivity index (χ4n) is 3.06. The Kier molecular flexibility index (Phi) is 12.8. The van der Waals surface area contributed by atoms with Gasteiger partial charge in [0.2, 0.25) is 0 Å². The Bertz CT molecular complexity index is 964. The van der Waals surface area contributed by atoms with E-state index in [1.165, 1.54) is 12.7 Å². The van der Waals surface area contributed by atoms with Gasteiger partial charge in [-0.15, -0.1) is 0 Å². The largest absolute Gasteiger partial charge is 0.469 e. The average Bonchev–Trinajstić information content (AvgIpc) is 2.82. The SMILES string of the molecule is C=C/C=C(\C=C/C(C)C(=O)OC)NC(C(=O)N/C=C/C=C(C)\C=C/C)c1ccc(C(C)C)cc1. The van der Waals surface area contributed by atoms with Crippen LogP contribution in [0.15, 0.2) is 96.9 Å². The van der Waals surface area contributed by atoms with Crippen molar-refractivity contribution >= 4 is 11.9 Å². The number of hydrogen-bond donors (Lipinski definition) is 2. The van der Waals surface area contributed by atoms with Crippen LogP contribution in [0.1, 0.15) is 57.7 Å². The molecule has 0 spiro atoms. The van der Waals surface area contributed by atoms with Crippen molar-refractivity contribution in [3.8, 4) is 0 Å². The summed E-state index contributed by atoms with van der Waals surface area (Å²) < 4.78 is 4.78. The second-order valence-corrected chi connectivity index (χ2v) is 8.21. The number of nitrogens with one attached hydrogen (secondary N) is 2. The van der Waals surface area contributed by atoms with Gasteiger partial charge in [0.15, 0.2) is 0 Å². The van der Waals surface area contributed by atoms with Crippen molar-refractivity contribution in [1.29, 1.82) is 0 Å². The minimum Gasteiger partial charge on any atom is -0.469 e. The van der Waals surface area contributed by atoms with Crippen LogP contribution in [0.25, 0.3) is 0 Å². The molecule has 1 amide bonds. The van der Waals surface area contributed by atoms with Crippen LogP contribution >= 0.6 is 0 Å². The Morgan fingerprint density at radius 1 is 1.03 bits per heavy atom. The summed E-state index contributed by atoms with van der Waals surface area (Å²) in [5.74, 6) is -0.578. The summed E-state index contributed by atoms with van der Waals surface area (Å²) in [6, 6.07) is 7.33. The molecule has 0 bridgehead atoms.